The van der Waals surface area contributed by atoms with Gasteiger partial charge in [-0.2, -0.15) is 11.8 Å². The van der Waals surface area contributed by atoms with E-state index in [4.69, 9.17) is 5.73 Å². The van der Waals surface area contributed by atoms with Gasteiger partial charge in [0.25, 0.3) is 0 Å². The van der Waals surface area contributed by atoms with Crippen LogP contribution < -0.4 is 5.73 Å². The van der Waals surface area contributed by atoms with Crippen molar-refractivity contribution in [3.05, 3.63) is 36.7 Å². The summed E-state index contributed by atoms with van der Waals surface area (Å²) in [6.07, 6.45) is 3.86. The number of aromatic nitrogens is 2. The van der Waals surface area contributed by atoms with Crippen molar-refractivity contribution in [2.24, 2.45) is 0 Å². The number of thioether (sulfide) groups is 1. The summed E-state index contributed by atoms with van der Waals surface area (Å²) in [4.78, 5) is 4.40. The predicted molar refractivity (Wildman–Crippen MR) is 75.1 cm³/mol. The fraction of sp³-hybridized carbons (Fsp3) is 0.308. The highest BCUT2D eigenvalue weighted by Crippen LogP contribution is 2.20. The van der Waals surface area contributed by atoms with E-state index in [2.05, 4.69) is 16.5 Å². The highest BCUT2D eigenvalue weighted by Gasteiger charge is 2.05. The Labute approximate surface area is 106 Å². The maximum Gasteiger partial charge on any atom is 0.139 e. The fourth-order valence-corrected chi connectivity index (χ4v) is 2.35. The van der Waals surface area contributed by atoms with Gasteiger partial charge in [0.2, 0.25) is 0 Å². The molecule has 1 heterocycles. The van der Waals surface area contributed by atoms with Crippen molar-refractivity contribution in [1.29, 1.82) is 0 Å². The lowest BCUT2D eigenvalue weighted by molar-refractivity contribution is 0.780. The Morgan fingerprint density at radius 1 is 1.41 bits per heavy atom. The third-order valence-corrected chi connectivity index (χ3v) is 3.42. The molecule has 0 aliphatic heterocycles. The molecule has 2 rings (SSSR count). The topological polar surface area (TPSA) is 43.8 Å². The molecule has 2 aromatic rings. The van der Waals surface area contributed by atoms with Crippen molar-refractivity contribution in [3.8, 4) is 11.4 Å². The van der Waals surface area contributed by atoms with Crippen molar-refractivity contribution in [2.75, 3.05) is 17.2 Å². The number of benzene rings is 1. The standard InChI is InChI=1S/C13H17N3S/c1-2-17-9-8-16-7-6-15-13(16)11-4-3-5-12(14)10-11/h3-7,10H,2,8-9,14H2,1H3. The Morgan fingerprint density at radius 2 is 2.29 bits per heavy atom. The molecule has 0 spiro atoms. The summed E-state index contributed by atoms with van der Waals surface area (Å²) < 4.78 is 2.18. The van der Waals surface area contributed by atoms with Gasteiger partial charge in [-0.05, 0) is 17.9 Å². The summed E-state index contributed by atoms with van der Waals surface area (Å²) in [6.45, 7) is 3.17. The highest BCUT2D eigenvalue weighted by molar-refractivity contribution is 7.99. The van der Waals surface area contributed by atoms with Crippen LogP contribution in [0.5, 0.6) is 0 Å². The van der Waals surface area contributed by atoms with Crippen LogP contribution in [0.2, 0.25) is 0 Å². The summed E-state index contributed by atoms with van der Waals surface area (Å²) in [7, 11) is 0. The Bertz CT molecular complexity index is 479. The molecule has 1 aromatic heterocycles. The minimum absolute atomic E-state index is 0.778. The number of nitrogens with two attached hydrogens (primary N) is 1. The first-order valence-electron chi connectivity index (χ1n) is 5.76. The molecular formula is C13H17N3S. The lowest BCUT2D eigenvalue weighted by Gasteiger charge is -2.07. The summed E-state index contributed by atoms with van der Waals surface area (Å²) >= 11 is 1.94. The number of nitrogens with zero attached hydrogens (tertiary/aromatic N) is 2. The molecule has 0 aliphatic rings. The number of rotatable bonds is 5. The molecule has 4 heteroatoms. The van der Waals surface area contributed by atoms with Crippen LogP contribution in [-0.4, -0.2) is 21.1 Å². The zero-order valence-corrected chi connectivity index (χ0v) is 10.8. The van der Waals surface area contributed by atoms with Gasteiger partial charge in [0.1, 0.15) is 5.82 Å². The molecule has 1 aromatic carbocycles. The smallest absolute Gasteiger partial charge is 0.139 e. The van der Waals surface area contributed by atoms with Crippen molar-refractivity contribution in [1.82, 2.24) is 9.55 Å². The lowest BCUT2D eigenvalue weighted by Crippen LogP contribution is -2.02. The molecule has 3 nitrogen and oxygen atoms in total. The van der Waals surface area contributed by atoms with E-state index < -0.39 is 0 Å². The Balaban J connectivity index is 2.18. The largest absolute Gasteiger partial charge is 0.399 e. The third-order valence-electron chi connectivity index (χ3n) is 2.54. The first-order valence-corrected chi connectivity index (χ1v) is 6.91. The number of nitrogen functional groups attached to an aromatic ring is 1. The van der Waals surface area contributed by atoms with Crippen LogP contribution in [0.1, 0.15) is 6.92 Å². The average Bonchev–Trinajstić information content (AvgIpc) is 2.78. The summed E-state index contributed by atoms with van der Waals surface area (Å²) in [5.74, 6) is 3.26. The first-order chi connectivity index (χ1) is 8.31. The molecule has 0 saturated heterocycles. The van der Waals surface area contributed by atoms with Gasteiger partial charge in [0, 0.05) is 35.9 Å². The molecule has 0 bridgehead atoms. The Kier molecular flexibility index (Phi) is 4.09. The van der Waals surface area contributed by atoms with Gasteiger partial charge in [-0.1, -0.05) is 19.1 Å². The van der Waals surface area contributed by atoms with Crippen LogP contribution in [0.15, 0.2) is 36.7 Å². The molecule has 0 unspecified atom stereocenters. The monoisotopic (exact) mass is 247 g/mol. The van der Waals surface area contributed by atoms with E-state index >= 15 is 0 Å². The third kappa shape index (κ3) is 3.03. The van der Waals surface area contributed by atoms with Gasteiger partial charge in [-0.15, -0.1) is 0 Å². The molecule has 0 fully saturated rings. The number of imidazole rings is 1. The Morgan fingerprint density at radius 3 is 3.06 bits per heavy atom. The molecule has 0 amide bonds. The van der Waals surface area contributed by atoms with Crippen LogP contribution in [0.3, 0.4) is 0 Å². The molecule has 2 N–H and O–H groups in total. The van der Waals surface area contributed by atoms with E-state index in [1.807, 2.05) is 48.4 Å². The minimum Gasteiger partial charge on any atom is -0.399 e. The van der Waals surface area contributed by atoms with Crippen LogP contribution in [0.25, 0.3) is 11.4 Å². The van der Waals surface area contributed by atoms with Gasteiger partial charge in [0.05, 0.1) is 0 Å². The molecule has 90 valence electrons. The van der Waals surface area contributed by atoms with Crippen molar-refractivity contribution in [3.63, 3.8) is 0 Å². The normalized spacial score (nSPS) is 10.6. The fourth-order valence-electron chi connectivity index (χ4n) is 1.73. The van der Waals surface area contributed by atoms with E-state index in [1.54, 1.807) is 0 Å². The lowest BCUT2D eigenvalue weighted by atomic mass is 10.2. The van der Waals surface area contributed by atoms with Crippen LogP contribution in [0, 0.1) is 0 Å². The van der Waals surface area contributed by atoms with E-state index in [9.17, 15) is 0 Å². The van der Waals surface area contributed by atoms with Crippen molar-refractivity contribution in [2.45, 2.75) is 13.5 Å². The van der Waals surface area contributed by atoms with Crippen molar-refractivity contribution >= 4 is 17.4 Å². The number of aryl methyl sites for hydroxylation is 1. The van der Waals surface area contributed by atoms with E-state index in [1.165, 1.54) is 0 Å². The SMILES string of the molecule is CCSCCn1ccnc1-c1cccc(N)c1. The maximum absolute atomic E-state index is 5.80. The van der Waals surface area contributed by atoms with Gasteiger partial charge in [-0.3, -0.25) is 0 Å². The van der Waals surface area contributed by atoms with Crippen LogP contribution in [0.4, 0.5) is 5.69 Å². The first kappa shape index (κ1) is 12.0. The summed E-state index contributed by atoms with van der Waals surface area (Å²) in [6, 6.07) is 7.86. The summed E-state index contributed by atoms with van der Waals surface area (Å²) in [5.41, 5.74) is 7.65. The van der Waals surface area contributed by atoms with E-state index in [0.29, 0.717) is 0 Å². The van der Waals surface area contributed by atoms with Gasteiger partial charge in [0.15, 0.2) is 0 Å². The molecule has 17 heavy (non-hydrogen) atoms. The van der Waals surface area contributed by atoms with E-state index in [0.717, 1.165) is 35.1 Å². The second-order valence-corrected chi connectivity index (χ2v) is 5.16. The highest BCUT2D eigenvalue weighted by atomic mass is 32.2. The minimum atomic E-state index is 0.778. The predicted octanol–water partition coefficient (Wildman–Crippen LogP) is 2.89. The van der Waals surface area contributed by atoms with Crippen LogP contribution >= 0.6 is 11.8 Å². The second kappa shape index (κ2) is 5.77. The molecule has 0 atom stereocenters. The number of anilines is 1. The molecule has 0 saturated carbocycles. The molecular weight excluding hydrogens is 230 g/mol. The number of hydrogen-bond acceptors (Lipinski definition) is 3. The van der Waals surface area contributed by atoms with Gasteiger partial charge >= 0.3 is 0 Å². The Hall–Kier alpha value is -1.42. The van der Waals surface area contributed by atoms with Crippen molar-refractivity contribution < 1.29 is 0 Å². The summed E-state index contributed by atoms with van der Waals surface area (Å²) in [5, 5.41) is 0. The zero-order valence-electron chi connectivity index (χ0n) is 9.97. The quantitative estimate of drug-likeness (QED) is 0.652. The zero-order chi connectivity index (χ0) is 12.1. The van der Waals surface area contributed by atoms with E-state index in [-0.39, 0.29) is 0 Å². The number of hydrogen-bond donors (Lipinski definition) is 1. The average molecular weight is 247 g/mol. The molecule has 0 aliphatic carbocycles. The van der Waals surface area contributed by atoms with Gasteiger partial charge in [-0.25, -0.2) is 4.98 Å². The molecule has 0 radical (unpaired) electrons. The maximum atomic E-state index is 5.80. The van der Waals surface area contributed by atoms with Crippen LogP contribution in [-0.2, 0) is 6.54 Å². The van der Waals surface area contributed by atoms with Gasteiger partial charge < -0.3 is 10.3 Å². The second-order valence-electron chi connectivity index (χ2n) is 3.77.